The molecule has 2 aliphatic rings. The molecule has 0 radical (unpaired) electrons. The first-order valence-electron chi connectivity index (χ1n) is 6.97. The first-order valence-corrected chi connectivity index (χ1v) is 8.02. The smallest absolute Gasteiger partial charge is 0.323 e. The van der Waals surface area contributed by atoms with Crippen molar-refractivity contribution in [1.82, 2.24) is 10.2 Å². The van der Waals surface area contributed by atoms with E-state index in [9.17, 15) is 9.59 Å². The standard InChI is InChI=1S/C13H22N2O3S/c16-12(9-19-11-3-5-14-6-4-11)15(8-13(17)18)7-10-1-2-10/h10-11,14H,1-9H2,(H,17,18). The third-order valence-corrected chi connectivity index (χ3v) is 4.94. The van der Waals surface area contributed by atoms with Crippen LogP contribution >= 0.6 is 11.8 Å². The summed E-state index contributed by atoms with van der Waals surface area (Å²) in [5, 5.41) is 12.7. The summed E-state index contributed by atoms with van der Waals surface area (Å²) in [5.41, 5.74) is 0. The van der Waals surface area contributed by atoms with Gasteiger partial charge in [-0.15, -0.1) is 11.8 Å². The molecule has 19 heavy (non-hydrogen) atoms. The molecule has 0 aromatic carbocycles. The molecule has 0 atom stereocenters. The summed E-state index contributed by atoms with van der Waals surface area (Å²) in [7, 11) is 0. The Hall–Kier alpha value is -0.750. The molecule has 5 nitrogen and oxygen atoms in total. The molecule has 0 aromatic heterocycles. The van der Waals surface area contributed by atoms with Gasteiger partial charge in [0.1, 0.15) is 6.54 Å². The predicted molar refractivity (Wildman–Crippen MR) is 75.3 cm³/mol. The highest BCUT2D eigenvalue weighted by Crippen LogP contribution is 2.30. The van der Waals surface area contributed by atoms with E-state index in [1.165, 1.54) is 4.90 Å². The maximum absolute atomic E-state index is 12.1. The normalized spacial score (nSPS) is 20.2. The molecule has 1 aliphatic heterocycles. The number of piperidine rings is 1. The third-order valence-electron chi connectivity index (χ3n) is 3.58. The minimum atomic E-state index is -0.916. The molecule has 0 spiro atoms. The van der Waals surface area contributed by atoms with Gasteiger partial charge in [0.25, 0.3) is 0 Å². The molecule has 0 unspecified atom stereocenters. The highest BCUT2D eigenvalue weighted by atomic mass is 32.2. The van der Waals surface area contributed by atoms with Gasteiger partial charge < -0.3 is 15.3 Å². The number of rotatable bonds is 7. The first-order chi connectivity index (χ1) is 9.15. The zero-order chi connectivity index (χ0) is 13.7. The number of carbonyl (C=O) groups is 2. The number of carboxylic acid groups (broad SMARTS) is 1. The fraction of sp³-hybridized carbons (Fsp3) is 0.846. The Morgan fingerprint density at radius 1 is 1.21 bits per heavy atom. The van der Waals surface area contributed by atoms with Gasteiger partial charge in [-0.25, -0.2) is 0 Å². The van der Waals surface area contributed by atoms with Crippen molar-refractivity contribution in [3.63, 3.8) is 0 Å². The van der Waals surface area contributed by atoms with Gasteiger partial charge >= 0.3 is 5.97 Å². The summed E-state index contributed by atoms with van der Waals surface area (Å²) in [6.07, 6.45) is 4.45. The second kappa shape index (κ2) is 7.14. The second-order valence-corrected chi connectivity index (χ2v) is 6.66. The van der Waals surface area contributed by atoms with E-state index in [1.54, 1.807) is 11.8 Å². The lowest BCUT2D eigenvalue weighted by molar-refractivity contribution is -0.143. The highest BCUT2D eigenvalue weighted by Gasteiger charge is 2.28. The molecule has 1 aliphatic carbocycles. The first kappa shape index (κ1) is 14.7. The summed E-state index contributed by atoms with van der Waals surface area (Å²) < 4.78 is 0. The molecule has 6 heteroatoms. The molecule has 1 heterocycles. The van der Waals surface area contributed by atoms with Gasteiger partial charge in [0.2, 0.25) is 5.91 Å². The van der Waals surface area contributed by atoms with Gasteiger partial charge in [-0.2, -0.15) is 0 Å². The van der Waals surface area contributed by atoms with Gasteiger partial charge in [0.15, 0.2) is 0 Å². The van der Waals surface area contributed by atoms with Crippen LogP contribution in [0, 0.1) is 5.92 Å². The number of hydrogen-bond acceptors (Lipinski definition) is 4. The zero-order valence-electron chi connectivity index (χ0n) is 11.1. The second-order valence-electron chi connectivity index (χ2n) is 5.37. The van der Waals surface area contributed by atoms with Crippen molar-refractivity contribution in [2.45, 2.75) is 30.9 Å². The zero-order valence-corrected chi connectivity index (χ0v) is 12.0. The molecule has 2 rings (SSSR count). The van der Waals surface area contributed by atoms with Crippen molar-refractivity contribution >= 4 is 23.6 Å². The number of carbonyl (C=O) groups excluding carboxylic acids is 1. The predicted octanol–water partition coefficient (Wildman–Crippen LogP) is 0.795. The Bertz CT molecular complexity index is 328. The van der Waals surface area contributed by atoms with Crippen LogP contribution in [-0.2, 0) is 9.59 Å². The van der Waals surface area contributed by atoms with E-state index in [0.717, 1.165) is 38.8 Å². The fourth-order valence-electron chi connectivity index (χ4n) is 2.27. The van der Waals surface area contributed by atoms with Crippen LogP contribution in [0.3, 0.4) is 0 Å². The number of thioether (sulfide) groups is 1. The Balaban J connectivity index is 1.74. The lowest BCUT2D eigenvalue weighted by atomic mass is 10.2. The Kier molecular flexibility index (Phi) is 5.51. The van der Waals surface area contributed by atoms with Gasteiger partial charge in [0.05, 0.1) is 5.75 Å². The van der Waals surface area contributed by atoms with E-state index in [0.29, 0.717) is 23.5 Å². The average Bonchev–Trinajstić information content (AvgIpc) is 3.20. The lowest BCUT2D eigenvalue weighted by Crippen LogP contribution is -2.39. The molecule has 1 amide bonds. The number of amides is 1. The van der Waals surface area contributed by atoms with Crippen LogP contribution < -0.4 is 5.32 Å². The third kappa shape index (κ3) is 5.40. The summed E-state index contributed by atoms with van der Waals surface area (Å²) in [4.78, 5) is 24.4. The van der Waals surface area contributed by atoms with Crippen LogP contribution in [0.25, 0.3) is 0 Å². The number of nitrogens with one attached hydrogen (secondary N) is 1. The lowest BCUT2D eigenvalue weighted by Gasteiger charge is -2.24. The summed E-state index contributed by atoms with van der Waals surface area (Å²) in [6, 6.07) is 0. The van der Waals surface area contributed by atoms with Crippen LogP contribution in [0.4, 0.5) is 0 Å². The van der Waals surface area contributed by atoms with Crippen LogP contribution in [0.1, 0.15) is 25.7 Å². The topological polar surface area (TPSA) is 69.6 Å². The largest absolute Gasteiger partial charge is 0.480 e. The van der Waals surface area contributed by atoms with Crippen LogP contribution in [-0.4, -0.2) is 59.1 Å². The van der Waals surface area contributed by atoms with Crippen molar-refractivity contribution in [3.8, 4) is 0 Å². The van der Waals surface area contributed by atoms with Gasteiger partial charge in [0, 0.05) is 11.8 Å². The number of carboxylic acids is 1. The van der Waals surface area contributed by atoms with E-state index < -0.39 is 5.97 Å². The van der Waals surface area contributed by atoms with Crippen LogP contribution in [0.5, 0.6) is 0 Å². The van der Waals surface area contributed by atoms with Gasteiger partial charge in [-0.1, -0.05) is 0 Å². The number of hydrogen-bond donors (Lipinski definition) is 2. The van der Waals surface area contributed by atoms with E-state index in [4.69, 9.17) is 5.11 Å². The summed E-state index contributed by atoms with van der Waals surface area (Å²) >= 11 is 1.68. The quantitative estimate of drug-likeness (QED) is 0.724. The maximum Gasteiger partial charge on any atom is 0.323 e. The molecule has 2 fully saturated rings. The van der Waals surface area contributed by atoms with E-state index in [-0.39, 0.29) is 12.5 Å². The summed E-state index contributed by atoms with van der Waals surface area (Å²) in [6.45, 7) is 2.51. The molecule has 0 aromatic rings. The molecule has 1 saturated heterocycles. The van der Waals surface area contributed by atoms with Crippen molar-refractivity contribution in [2.24, 2.45) is 5.92 Å². The average molecular weight is 286 g/mol. The van der Waals surface area contributed by atoms with Gasteiger partial charge in [-0.3, -0.25) is 9.59 Å². The van der Waals surface area contributed by atoms with E-state index in [2.05, 4.69) is 5.32 Å². The molecular formula is C13H22N2O3S. The maximum atomic E-state index is 12.1. The molecule has 0 bridgehead atoms. The number of nitrogens with zero attached hydrogens (tertiary/aromatic N) is 1. The van der Waals surface area contributed by atoms with E-state index in [1.807, 2.05) is 0 Å². The van der Waals surface area contributed by atoms with Crippen molar-refractivity contribution in [1.29, 1.82) is 0 Å². The van der Waals surface area contributed by atoms with E-state index >= 15 is 0 Å². The molecule has 108 valence electrons. The molecule has 2 N–H and O–H groups in total. The Labute approximate surface area is 118 Å². The molecule has 1 saturated carbocycles. The van der Waals surface area contributed by atoms with Crippen molar-refractivity contribution in [2.75, 3.05) is 31.9 Å². The fourth-order valence-corrected chi connectivity index (χ4v) is 3.40. The minimum Gasteiger partial charge on any atom is -0.480 e. The Morgan fingerprint density at radius 3 is 2.47 bits per heavy atom. The van der Waals surface area contributed by atoms with Crippen LogP contribution in [0.2, 0.25) is 0 Å². The van der Waals surface area contributed by atoms with Gasteiger partial charge in [-0.05, 0) is 44.7 Å². The number of aliphatic carboxylic acids is 1. The molecular weight excluding hydrogens is 264 g/mol. The summed E-state index contributed by atoms with van der Waals surface area (Å²) in [5.74, 6) is 0.0240. The Morgan fingerprint density at radius 2 is 1.89 bits per heavy atom. The van der Waals surface area contributed by atoms with Crippen molar-refractivity contribution in [3.05, 3.63) is 0 Å². The minimum absolute atomic E-state index is 0.0159. The SMILES string of the molecule is O=C(O)CN(CC1CC1)C(=O)CSC1CCNCC1. The monoisotopic (exact) mass is 286 g/mol. The van der Waals surface area contributed by atoms with Crippen molar-refractivity contribution < 1.29 is 14.7 Å². The van der Waals surface area contributed by atoms with Crippen LogP contribution in [0.15, 0.2) is 0 Å². The highest BCUT2D eigenvalue weighted by molar-refractivity contribution is 8.00.